The predicted octanol–water partition coefficient (Wildman–Crippen LogP) is 3.00. The highest BCUT2D eigenvalue weighted by atomic mass is 16.5. The van der Waals surface area contributed by atoms with Crippen LogP contribution in [0.25, 0.3) is 0 Å². The van der Waals surface area contributed by atoms with Gasteiger partial charge in [0.1, 0.15) is 6.29 Å². The summed E-state index contributed by atoms with van der Waals surface area (Å²) in [5.74, 6) is 0.879. The van der Waals surface area contributed by atoms with Crippen LogP contribution < -0.4 is 5.32 Å². The first-order valence-electron chi connectivity index (χ1n) is 7.44. The Balaban J connectivity index is 2.48. The zero-order valence-electron chi connectivity index (χ0n) is 12.7. The number of nitrogens with one attached hydrogen (secondary N) is 1. The van der Waals surface area contributed by atoms with Gasteiger partial charge in [0.2, 0.25) is 0 Å². The number of benzene rings is 1. The molecule has 2 rings (SSSR count). The lowest BCUT2D eigenvalue weighted by molar-refractivity contribution is -0.124. The number of hydrogen-bond acceptors (Lipinski definition) is 3. The van der Waals surface area contributed by atoms with Crippen molar-refractivity contribution < 1.29 is 9.53 Å². The van der Waals surface area contributed by atoms with E-state index in [1.54, 1.807) is 7.11 Å². The second kappa shape index (κ2) is 6.51. The Bertz CT molecular complexity index is 458. The Hall–Kier alpha value is -1.19. The normalized spacial score (nSPS) is 30.1. The number of carbonyl (C=O) groups is 1. The van der Waals surface area contributed by atoms with Crippen LogP contribution in [0.15, 0.2) is 24.3 Å². The minimum absolute atomic E-state index is 0.291. The molecule has 3 unspecified atom stereocenters. The second-order valence-electron chi connectivity index (χ2n) is 5.83. The van der Waals surface area contributed by atoms with Crippen LogP contribution in [0.3, 0.4) is 0 Å². The van der Waals surface area contributed by atoms with Crippen LogP contribution in [0.1, 0.15) is 42.1 Å². The van der Waals surface area contributed by atoms with E-state index < -0.39 is 0 Å². The molecule has 0 amide bonds. The van der Waals surface area contributed by atoms with Crippen LogP contribution in [0.5, 0.6) is 0 Å². The quantitative estimate of drug-likeness (QED) is 0.840. The Morgan fingerprint density at radius 3 is 2.90 bits per heavy atom. The summed E-state index contributed by atoms with van der Waals surface area (Å²) in [6.07, 6.45) is 4.48. The summed E-state index contributed by atoms with van der Waals surface area (Å²) in [6.45, 7) is 3.20. The fraction of sp³-hybridized carbons (Fsp3) is 0.588. The molecule has 0 radical (unpaired) electrons. The monoisotopic (exact) mass is 275 g/mol. The smallest absolute Gasteiger partial charge is 0.150 e. The SMILES string of the molecule is CNCC1CCCC(C)C1(OC)c1cccc(C=O)c1. The van der Waals surface area contributed by atoms with Crippen LogP contribution in [-0.2, 0) is 10.3 Å². The molecule has 1 aromatic carbocycles. The summed E-state index contributed by atoms with van der Waals surface area (Å²) >= 11 is 0. The van der Waals surface area contributed by atoms with Gasteiger partial charge in [-0.05, 0) is 37.4 Å². The molecule has 0 spiro atoms. The molecule has 110 valence electrons. The average Bonchev–Trinajstić information content (AvgIpc) is 2.48. The number of carbonyl (C=O) groups excluding carboxylic acids is 1. The third-order valence-corrected chi connectivity index (χ3v) is 4.79. The van der Waals surface area contributed by atoms with Crippen LogP contribution in [0.2, 0.25) is 0 Å². The van der Waals surface area contributed by atoms with E-state index in [0.717, 1.165) is 30.4 Å². The van der Waals surface area contributed by atoms with E-state index in [2.05, 4.69) is 18.3 Å². The molecule has 3 heteroatoms. The Kier molecular flexibility index (Phi) is 4.95. The lowest BCUT2D eigenvalue weighted by Gasteiger charge is -2.48. The third-order valence-electron chi connectivity index (χ3n) is 4.79. The van der Waals surface area contributed by atoms with E-state index in [9.17, 15) is 4.79 Å². The second-order valence-corrected chi connectivity index (χ2v) is 5.83. The number of methoxy groups -OCH3 is 1. The van der Waals surface area contributed by atoms with E-state index in [0.29, 0.717) is 11.8 Å². The highest BCUT2D eigenvalue weighted by molar-refractivity contribution is 5.75. The highest BCUT2D eigenvalue weighted by Crippen LogP contribution is 2.48. The zero-order chi connectivity index (χ0) is 14.6. The fourth-order valence-electron chi connectivity index (χ4n) is 3.86. The minimum Gasteiger partial charge on any atom is -0.373 e. The molecule has 3 atom stereocenters. The molecule has 0 heterocycles. The van der Waals surface area contributed by atoms with Crippen molar-refractivity contribution in [2.75, 3.05) is 20.7 Å². The van der Waals surface area contributed by atoms with Gasteiger partial charge < -0.3 is 10.1 Å². The van der Waals surface area contributed by atoms with Gasteiger partial charge in [0.05, 0.1) is 5.60 Å². The van der Waals surface area contributed by atoms with Crippen molar-refractivity contribution >= 4 is 6.29 Å². The molecular formula is C17H25NO2. The van der Waals surface area contributed by atoms with Gasteiger partial charge in [0.25, 0.3) is 0 Å². The first kappa shape index (κ1) is 15.2. The molecule has 1 aliphatic carbocycles. The standard InChI is InChI=1S/C17H25NO2/c1-13-6-4-9-16(11-18-2)17(13,20-3)15-8-5-7-14(10-15)12-19/h5,7-8,10,12-13,16,18H,4,6,9,11H2,1-3H3. The van der Waals surface area contributed by atoms with Crippen molar-refractivity contribution in [2.45, 2.75) is 31.8 Å². The van der Waals surface area contributed by atoms with Gasteiger partial charge in [0, 0.05) is 25.1 Å². The van der Waals surface area contributed by atoms with Gasteiger partial charge in [-0.1, -0.05) is 31.5 Å². The molecule has 0 saturated heterocycles. The van der Waals surface area contributed by atoms with Crippen LogP contribution in [-0.4, -0.2) is 27.0 Å². The van der Waals surface area contributed by atoms with E-state index in [1.807, 2.05) is 25.2 Å². The molecular weight excluding hydrogens is 250 g/mol. The number of ether oxygens (including phenoxy) is 1. The number of hydrogen-bond donors (Lipinski definition) is 1. The molecule has 0 aliphatic heterocycles. The maximum atomic E-state index is 11.1. The first-order valence-corrected chi connectivity index (χ1v) is 7.44. The maximum Gasteiger partial charge on any atom is 0.150 e. The number of aldehydes is 1. The van der Waals surface area contributed by atoms with Crippen molar-refractivity contribution in [1.29, 1.82) is 0 Å². The summed E-state index contributed by atoms with van der Waals surface area (Å²) in [4.78, 5) is 11.1. The molecule has 20 heavy (non-hydrogen) atoms. The molecule has 1 aliphatic rings. The third kappa shape index (κ3) is 2.52. The maximum absolute atomic E-state index is 11.1. The summed E-state index contributed by atoms with van der Waals surface area (Å²) in [5, 5.41) is 3.30. The topological polar surface area (TPSA) is 38.3 Å². The fourth-order valence-corrected chi connectivity index (χ4v) is 3.86. The van der Waals surface area contributed by atoms with Gasteiger partial charge >= 0.3 is 0 Å². The summed E-state index contributed by atoms with van der Waals surface area (Å²) < 4.78 is 6.09. The van der Waals surface area contributed by atoms with E-state index in [1.165, 1.54) is 12.8 Å². The van der Waals surface area contributed by atoms with E-state index in [-0.39, 0.29) is 5.60 Å². The van der Waals surface area contributed by atoms with Crippen LogP contribution in [0, 0.1) is 11.8 Å². The van der Waals surface area contributed by atoms with Gasteiger partial charge in [-0.15, -0.1) is 0 Å². The van der Waals surface area contributed by atoms with Crippen molar-refractivity contribution in [3.05, 3.63) is 35.4 Å². The van der Waals surface area contributed by atoms with Crippen molar-refractivity contribution in [2.24, 2.45) is 11.8 Å². The predicted molar refractivity (Wildman–Crippen MR) is 80.9 cm³/mol. The minimum atomic E-state index is -0.291. The van der Waals surface area contributed by atoms with Gasteiger partial charge in [-0.3, -0.25) is 4.79 Å². The molecule has 1 aromatic rings. The molecule has 1 N–H and O–H groups in total. The Morgan fingerprint density at radius 1 is 1.45 bits per heavy atom. The molecule has 0 bridgehead atoms. The van der Waals surface area contributed by atoms with E-state index in [4.69, 9.17) is 4.74 Å². The molecule has 0 aromatic heterocycles. The van der Waals surface area contributed by atoms with E-state index >= 15 is 0 Å². The van der Waals surface area contributed by atoms with Gasteiger partial charge in [0.15, 0.2) is 0 Å². The molecule has 3 nitrogen and oxygen atoms in total. The van der Waals surface area contributed by atoms with Crippen LogP contribution >= 0.6 is 0 Å². The summed E-state index contributed by atoms with van der Waals surface area (Å²) in [5.41, 5.74) is 1.57. The average molecular weight is 275 g/mol. The largest absolute Gasteiger partial charge is 0.373 e. The lowest BCUT2D eigenvalue weighted by atomic mass is 9.65. The summed E-state index contributed by atoms with van der Waals surface area (Å²) in [7, 11) is 3.79. The Morgan fingerprint density at radius 2 is 2.25 bits per heavy atom. The zero-order valence-corrected chi connectivity index (χ0v) is 12.7. The Labute approximate surface area is 121 Å². The lowest BCUT2D eigenvalue weighted by Crippen LogP contribution is -2.49. The van der Waals surface area contributed by atoms with Gasteiger partial charge in [-0.25, -0.2) is 0 Å². The van der Waals surface area contributed by atoms with Crippen molar-refractivity contribution in [3.8, 4) is 0 Å². The highest BCUT2D eigenvalue weighted by Gasteiger charge is 2.47. The molecule has 1 saturated carbocycles. The van der Waals surface area contributed by atoms with Crippen LogP contribution in [0.4, 0.5) is 0 Å². The van der Waals surface area contributed by atoms with Crippen molar-refractivity contribution in [3.63, 3.8) is 0 Å². The van der Waals surface area contributed by atoms with Crippen molar-refractivity contribution in [1.82, 2.24) is 5.32 Å². The molecule has 1 fully saturated rings. The first-order chi connectivity index (χ1) is 9.68. The van der Waals surface area contributed by atoms with Gasteiger partial charge in [-0.2, -0.15) is 0 Å². The number of rotatable bonds is 5. The summed E-state index contributed by atoms with van der Waals surface area (Å²) in [6, 6.07) is 7.89.